The van der Waals surface area contributed by atoms with Gasteiger partial charge in [0.25, 0.3) is 0 Å². The van der Waals surface area contributed by atoms with Gasteiger partial charge in [-0.05, 0) is 6.92 Å². The second-order valence-corrected chi connectivity index (χ2v) is 3.29. The number of carbonyl (C=O) groups is 2. The Morgan fingerprint density at radius 1 is 1.40 bits per heavy atom. The van der Waals surface area contributed by atoms with Crippen LogP contribution in [0.25, 0.3) is 0 Å². The molecule has 0 spiro atoms. The lowest BCUT2D eigenvalue weighted by Crippen LogP contribution is -2.73. The van der Waals surface area contributed by atoms with Gasteiger partial charge in [0, 0.05) is 12.8 Å². The van der Waals surface area contributed by atoms with Gasteiger partial charge in [-0.1, -0.05) is 0 Å². The standard InChI is InChI=1S/C8H13N5O2/c1-5(11-12-8(9)10)4-13-6(14)2-3-7(13)15/h2-4H2,1H3,(H4,9,10,12)/p+1/b11-5-. The Morgan fingerprint density at radius 3 is 2.40 bits per heavy atom. The highest BCUT2D eigenvalue weighted by atomic mass is 16.2. The second kappa shape index (κ2) is 4.54. The first-order valence-corrected chi connectivity index (χ1v) is 4.51. The normalized spacial score (nSPS) is 17.1. The molecule has 0 atom stereocenters. The number of guanidine groups is 1. The lowest BCUT2D eigenvalue weighted by atomic mass is 10.4. The lowest BCUT2D eigenvalue weighted by molar-refractivity contribution is -0.464. The summed E-state index contributed by atoms with van der Waals surface area (Å²) < 4.78 is 0. The van der Waals surface area contributed by atoms with E-state index in [9.17, 15) is 9.59 Å². The van der Waals surface area contributed by atoms with Crippen molar-refractivity contribution in [3.63, 3.8) is 0 Å². The van der Waals surface area contributed by atoms with Crippen LogP contribution in [0.4, 0.5) is 0 Å². The molecule has 1 rings (SSSR count). The molecule has 2 amide bonds. The minimum absolute atomic E-state index is 0.0339. The first-order valence-electron chi connectivity index (χ1n) is 4.51. The predicted octanol–water partition coefficient (Wildman–Crippen LogP) is -3.13. The molecule has 5 N–H and O–H groups in total. The van der Waals surface area contributed by atoms with Crippen LogP contribution >= 0.6 is 0 Å². The molecule has 0 unspecified atom stereocenters. The Hall–Kier alpha value is -1.92. The monoisotopic (exact) mass is 212 g/mol. The van der Waals surface area contributed by atoms with Crippen LogP contribution in [0.2, 0.25) is 0 Å². The smallest absolute Gasteiger partial charge is 0.289 e. The third-order valence-electron chi connectivity index (χ3n) is 1.92. The predicted molar refractivity (Wildman–Crippen MR) is 53.4 cm³/mol. The lowest BCUT2D eigenvalue weighted by Gasteiger charge is -2.11. The number of nitrogens with one attached hydrogen (secondary N) is 1. The maximum atomic E-state index is 11.2. The highest BCUT2D eigenvalue weighted by Gasteiger charge is 2.28. The Labute approximate surface area is 86.8 Å². The van der Waals surface area contributed by atoms with Gasteiger partial charge in [0.1, 0.15) is 0 Å². The minimum atomic E-state index is -0.167. The van der Waals surface area contributed by atoms with Crippen molar-refractivity contribution in [2.75, 3.05) is 6.54 Å². The SMILES string of the molecule is C/C(CN1C(=O)CCC1=O)=N/[NH+]=C(N)N. The molecule has 0 aromatic heterocycles. The summed E-state index contributed by atoms with van der Waals surface area (Å²) in [6.07, 6.45) is 0.565. The fourth-order valence-corrected chi connectivity index (χ4v) is 1.22. The molecular weight excluding hydrogens is 198 g/mol. The highest BCUT2D eigenvalue weighted by Crippen LogP contribution is 2.10. The molecule has 15 heavy (non-hydrogen) atoms. The molecule has 0 radical (unpaired) electrons. The number of imide groups is 1. The summed E-state index contributed by atoms with van der Waals surface area (Å²) in [4.78, 5) is 23.6. The highest BCUT2D eigenvalue weighted by molar-refractivity contribution is 6.05. The summed E-state index contributed by atoms with van der Waals surface area (Å²) >= 11 is 0. The molecule has 82 valence electrons. The van der Waals surface area contributed by atoms with Crippen LogP contribution < -0.4 is 16.6 Å². The largest absolute Gasteiger partial charge is 0.362 e. The maximum absolute atomic E-state index is 11.2. The van der Waals surface area contributed by atoms with Crippen LogP contribution in [0.5, 0.6) is 0 Å². The Bertz CT molecular complexity index is 327. The zero-order valence-electron chi connectivity index (χ0n) is 8.49. The molecule has 0 saturated carbocycles. The molecule has 1 aliphatic rings. The van der Waals surface area contributed by atoms with E-state index in [2.05, 4.69) is 10.2 Å². The van der Waals surface area contributed by atoms with Crippen molar-refractivity contribution >= 4 is 23.5 Å². The van der Waals surface area contributed by atoms with E-state index >= 15 is 0 Å². The molecule has 0 aliphatic carbocycles. The molecule has 0 bridgehead atoms. The van der Waals surface area contributed by atoms with Crippen molar-refractivity contribution in [1.29, 1.82) is 0 Å². The van der Waals surface area contributed by atoms with Crippen molar-refractivity contribution in [2.24, 2.45) is 16.6 Å². The van der Waals surface area contributed by atoms with Crippen LogP contribution in [0.3, 0.4) is 0 Å². The van der Waals surface area contributed by atoms with Crippen molar-refractivity contribution in [1.82, 2.24) is 4.90 Å². The van der Waals surface area contributed by atoms with E-state index in [1.165, 1.54) is 4.90 Å². The number of amides is 2. The summed E-state index contributed by atoms with van der Waals surface area (Å²) in [5, 5.41) is 6.15. The number of nitrogens with zero attached hydrogens (tertiary/aromatic N) is 2. The van der Waals surface area contributed by atoms with E-state index in [-0.39, 0.29) is 37.2 Å². The molecule has 1 saturated heterocycles. The number of carbonyl (C=O) groups excluding carboxylic acids is 2. The topological polar surface area (TPSA) is 116 Å². The van der Waals surface area contributed by atoms with E-state index in [1.807, 2.05) is 0 Å². The molecule has 0 aromatic rings. The van der Waals surface area contributed by atoms with E-state index < -0.39 is 0 Å². The Morgan fingerprint density at radius 2 is 1.93 bits per heavy atom. The quantitative estimate of drug-likeness (QED) is 0.198. The molecule has 7 heteroatoms. The Kier molecular flexibility index (Phi) is 3.37. The van der Waals surface area contributed by atoms with Crippen molar-refractivity contribution in [3.8, 4) is 0 Å². The average Bonchev–Trinajstić information content (AvgIpc) is 2.46. The molecule has 7 nitrogen and oxygen atoms in total. The van der Waals surface area contributed by atoms with Gasteiger partial charge in [0.05, 0.1) is 12.3 Å². The number of hydrazone groups is 1. The first-order chi connectivity index (χ1) is 7.00. The van der Waals surface area contributed by atoms with Crippen molar-refractivity contribution in [2.45, 2.75) is 19.8 Å². The molecule has 1 aliphatic heterocycles. The van der Waals surface area contributed by atoms with Crippen LogP contribution in [0.15, 0.2) is 5.10 Å². The van der Waals surface area contributed by atoms with Crippen LogP contribution in [0, 0.1) is 0 Å². The minimum Gasteiger partial charge on any atom is -0.289 e. The molecule has 1 fully saturated rings. The van der Waals surface area contributed by atoms with Crippen LogP contribution in [-0.4, -0.2) is 34.9 Å². The maximum Gasteiger partial charge on any atom is 0.362 e. The summed E-state index contributed by atoms with van der Waals surface area (Å²) in [5.74, 6) is -0.369. The molecular formula is C8H14N5O2+. The third-order valence-corrected chi connectivity index (χ3v) is 1.92. The molecule has 0 aromatic carbocycles. The fourth-order valence-electron chi connectivity index (χ4n) is 1.22. The van der Waals surface area contributed by atoms with Gasteiger partial charge in [-0.25, -0.2) is 0 Å². The first kappa shape index (κ1) is 11.2. The van der Waals surface area contributed by atoms with E-state index in [0.29, 0.717) is 5.71 Å². The van der Waals surface area contributed by atoms with Crippen LogP contribution in [0.1, 0.15) is 19.8 Å². The van der Waals surface area contributed by atoms with Gasteiger partial charge in [-0.15, -0.1) is 5.10 Å². The van der Waals surface area contributed by atoms with E-state index in [4.69, 9.17) is 11.5 Å². The second-order valence-electron chi connectivity index (χ2n) is 3.29. The van der Waals surface area contributed by atoms with Gasteiger partial charge in [0.15, 0.2) is 0 Å². The number of hydrogen-bond acceptors (Lipinski definition) is 3. The number of likely N-dealkylation sites (tertiary alicyclic amines) is 1. The zero-order chi connectivity index (χ0) is 11.4. The van der Waals surface area contributed by atoms with E-state index in [0.717, 1.165) is 0 Å². The number of hydrogen-bond donors (Lipinski definition) is 3. The number of rotatable bonds is 3. The summed E-state index contributed by atoms with van der Waals surface area (Å²) in [7, 11) is 0. The van der Waals surface area contributed by atoms with Crippen molar-refractivity contribution < 1.29 is 14.7 Å². The zero-order valence-corrected chi connectivity index (χ0v) is 8.49. The summed E-state index contributed by atoms with van der Waals surface area (Å²) in [6, 6.07) is 0. The van der Waals surface area contributed by atoms with Gasteiger partial charge in [-0.2, -0.15) is 5.10 Å². The van der Waals surface area contributed by atoms with Gasteiger partial charge >= 0.3 is 5.96 Å². The van der Waals surface area contributed by atoms with Gasteiger partial charge in [-0.3, -0.25) is 26.0 Å². The van der Waals surface area contributed by atoms with Gasteiger partial charge in [0.2, 0.25) is 11.8 Å². The van der Waals surface area contributed by atoms with Crippen LogP contribution in [-0.2, 0) is 9.59 Å². The third kappa shape index (κ3) is 3.04. The van der Waals surface area contributed by atoms with Gasteiger partial charge < -0.3 is 0 Å². The van der Waals surface area contributed by atoms with E-state index in [1.54, 1.807) is 6.92 Å². The van der Waals surface area contributed by atoms with Crippen molar-refractivity contribution in [3.05, 3.63) is 0 Å². The number of nitrogens with two attached hydrogens (primary N) is 2. The average molecular weight is 212 g/mol. The fraction of sp³-hybridized carbons (Fsp3) is 0.500. The Balaban J connectivity index is 2.61. The summed E-state index contributed by atoms with van der Waals surface area (Å²) in [5.41, 5.74) is 10.8. The molecule has 1 heterocycles. The summed E-state index contributed by atoms with van der Waals surface area (Å²) in [6.45, 7) is 1.85.